The average molecular weight is 576 g/mol. The number of benzene rings is 3. The lowest BCUT2D eigenvalue weighted by atomic mass is 9.95. The number of carbonyl (C=O) groups excluding carboxylic acids is 2. The second-order valence-electron chi connectivity index (χ2n) is 10.9. The van der Waals surface area contributed by atoms with Gasteiger partial charge in [-0.25, -0.2) is 8.42 Å². The molecule has 0 spiro atoms. The van der Waals surface area contributed by atoms with Crippen molar-refractivity contribution in [3.8, 4) is 0 Å². The monoisotopic (exact) mass is 575 g/mol. The normalized spacial score (nSPS) is 14.7. The standard InChI is InChI=1S/C33H41N3O4S/c1-4-31(33(38)34-28-15-9-6-10-16-28)35(23-27-13-7-5-8-14-27)32(37)24-36(29-17-11-12-26(3)22-29)41(39,40)30-20-18-25(2)19-21-30/h5,7-8,11-14,17-22,28,31H,4,6,9-10,15-16,23-24H2,1-3H3,(H,34,38). The molecule has 1 N–H and O–H groups in total. The van der Waals surface area contributed by atoms with Gasteiger partial charge in [0, 0.05) is 12.6 Å². The Morgan fingerprint density at radius 2 is 1.56 bits per heavy atom. The molecule has 218 valence electrons. The summed E-state index contributed by atoms with van der Waals surface area (Å²) in [4.78, 5) is 29.4. The Morgan fingerprint density at radius 3 is 2.20 bits per heavy atom. The zero-order valence-corrected chi connectivity index (χ0v) is 25.1. The highest BCUT2D eigenvalue weighted by Crippen LogP contribution is 2.26. The van der Waals surface area contributed by atoms with E-state index in [-0.39, 0.29) is 23.4 Å². The van der Waals surface area contributed by atoms with Crippen molar-refractivity contribution < 1.29 is 18.0 Å². The number of hydrogen-bond acceptors (Lipinski definition) is 4. The zero-order valence-electron chi connectivity index (χ0n) is 24.3. The number of nitrogens with one attached hydrogen (secondary N) is 1. The molecular formula is C33H41N3O4S. The third kappa shape index (κ3) is 7.76. The summed E-state index contributed by atoms with van der Waals surface area (Å²) in [5.74, 6) is -0.621. The highest BCUT2D eigenvalue weighted by molar-refractivity contribution is 7.92. The van der Waals surface area contributed by atoms with E-state index in [1.54, 1.807) is 47.4 Å². The van der Waals surface area contributed by atoms with Crippen molar-refractivity contribution in [2.24, 2.45) is 0 Å². The lowest BCUT2D eigenvalue weighted by Gasteiger charge is -2.34. The predicted octanol–water partition coefficient (Wildman–Crippen LogP) is 5.76. The first-order chi connectivity index (χ1) is 19.7. The van der Waals surface area contributed by atoms with E-state index in [4.69, 9.17) is 0 Å². The Kier molecular flexibility index (Phi) is 10.2. The summed E-state index contributed by atoms with van der Waals surface area (Å²) in [5, 5.41) is 3.18. The van der Waals surface area contributed by atoms with E-state index in [2.05, 4.69) is 5.32 Å². The van der Waals surface area contributed by atoms with Gasteiger partial charge in [-0.2, -0.15) is 0 Å². The number of hydrogen-bond donors (Lipinski definition) is 1. The first-order valence-electron chi connectivity index (χ1n) is 14.5. The molecule has 1 unspecified atom stereocenters. The van der Waals surface area contributed by atoms with Crippen molar-refractivity contribution >= 4 is 27.5 Å². The van der Waals surface area contributed by atoms with E-state index in [1.807, 2.05) is 57.2 Å². The van der Waals surface area contributed by atoms with Crippen LogP contribution in [0.2, 0.25) is 0 Å². The molecule has 4 rings (SSSR count). The summed E-state index contributed by atoms with van der Waals surface area (Å²) in [6, 6.07) is 22.6. The minimum absolute atomic E-state index is 0.102. The van der Waals surface area contributed by atoms with Crippen LogP contribution in [0, 0.1) is 13.8 Å². The maximum atomic E-state index is 14.2. The average Bonchev–Trinajstić information content (AvgIpc) is 2.97. The number of anilines is 1. The van der Waals surface area contributed by atoms with Crippen molar-refractivity contribution in [2.45, 2.75) is 82.8 Å². The second-order valence-corrected chi connectivity index (χ2v) is 12.8. The van der Waals surface area contributed by atoms with Crippen molar-refractivity contribution in [1.29, 1.82) is 0 Å². The molecule has 8 heteroatoms. The third-order valence-corrected chi connectivity index (χ3v) is 9.50. The molecule has 0 aliphatic heterocycles. The lowest BCUT2D eigenvalue weighted by molar-refractivity contribution is -0.140. The number of sulfonamides is 1. The first kappa shape index (κ1) is 30.3. The summed E-state index contributed by atoms with van der Waals surface area (Å²) in [6.07, 6.45) is 5.61. The van der Waals surface area contributed by atoms with Crippen LogP contribution in [-0.2, 0) is 26.2 Å². The van der Waals surface area contributed by atoms with Gasteiger partial charge in [0.25, 0.3) is 10.0 Å². The topological polar surface area (TPSA) is 86.8 Å². The predicted molar refractivity (Wildman–Crippen MR) is 163 cm³/mol. The fourth-order valence-corrected chi connectivity index (χ4v) is 6.80. The largest absolute Gasteiger partial charge is 0.352 e. The van der Waals surface area contributed by atoms with Crippen LogP contribution >= 0.6 is 0 Å². The van der Waals surface area contributed by atoms with Crippen LogP contribution in [-0.4, -0.2) is 43.8 Å². The van der Waals surface area contributed by atoms with Crippen LogP contribution in [0.15, 0.2) is 83.8 Å². The maximum Gasteiger partial charge on any atom is 0.264 e. The molecular weight excluding hydrogens is 534 g/mol. The fourth-order valence-electron chi connectivity index (χ4n) is 5.39. The Hall–Kier alpha value is -3.65. The van der Waals surface area contributed by atoms with Crippen LogP contribution in [0.4, 0.5) is 5.69 Å². The summed E-state index contributed by atoms with van der Waals surface area (Å²) in [6.45, 7) is 5.43. The lowest BCUT2D eigenvalue weighted by Crippen LogP contribution is -2.54. The highest BCUT2D eigenvalue weighted by Gasteiger charge is 2.34. The molecule has 3 aromatic carbocycles. The van der Waals surface area contributed by atoms with E-state index in [0.29, 0.717) is 12.1 Å². The van der Waals surface area contributed by atoms with Gasteiger partial charge in [-0.15, -0.1) is 0 Å². The molecule has 0 aromatic heterocycles. The van der Waals surface area contributed by atoms with Crippen molar-refractivity contribution in [2.75, 3.05) is 10.8 Å². The molecule has 1 aliphatic carbocycles. The quantitative estimate of drug-likeness (QED) is 0.315. The summed E-state index contributed by atoms with van der Waals surface area (Å²) in [5.41, 5.74) is 3.08. The minimum atomic E-state index is -4.08. The number of amides is 2. The molecule has 1 atom stereocenters. The van der Waals surface area contributed by atoms with Gasteiger partial charge >= 0.3 is 0 Å². The van der Waals surface area contributed by atoms with E-state index in [0.717, 1.165) is 46.7 Å². The van der Waals surface area contributed by atoms with Crippen molar-refractivity contribution in [3.05, 3.63) is 95.6 Å². The molecule has 0 bridgehead atoms. The van der Waals surface area contributed by atoms with Crippen LogP contribution < -0.4 is 9.62 Å². The highest BCUT2D eigenvalue weighted by atomic mass is 32.2. The zero-order chi connectivity index (χ0) is 29.4. The molecule has 1 aliphatic rings. The Morgan fingerprint density at radius 1 is 0.878 bits per heavy atom. The van der Waals surface area contributed by atoms with Gasteiger partial charge in [-0.05, 0) is 68.5 Å². The van der Waals surface area contributed by atoms with E-state index >= 15 is 0 Å². The fraction of sp³-hybridized carbons (Fsp3) is 0.394. The molecule has 2 amide bonds. The van der Waals surface area contributed by atoms with Gasteiger partial charge < -0.3 is 10.2 Å². The Balaban J connectivity index is 1.69. The molecule has 0 heterocycles. The minimum Gasteiger partial charge on any atom is -0.352 e. The summed E-state index contributed by atoms with van der Waals surface area (Å²) in [7, 11) is -4.08. The van der Waals surface area contributed by atoms with E-state index in [1.165, 1.54) is 6.42 Å². The Bertz CT molecular complexity index is 1420. The number of carbonyl (C=O) groups is 2. The Labute approximate surface area is 244 Å². The van der Waals surface area contributed by atoms with Crippen LogP contribution in [0.25, 0.3) is 0 Å². The SMILES string of the molecule is CCC(C(=O)NC1CCCCC1)N(Cc1ccccc1)C(=O)CN(c1cccc(C)c1)S(=O)(=O)c1ccc(C)cc1. The van der Waals surface area contributed by atoms with Gasteiger partial charge in [-0.3, -0.25) is 13.9 Å². The maximum absolute atomic E-state index is 14.2. The van der Waals surface area contributed by atoms with Gasteiger partial charge in [0.15, 0.2) is 0 Å². The van der Waals surface area contributed by atoms with Gasteiger partial charge in [0.2, 0.25) is 11.8 Å². The van der Waals surface area contributed by atoms with Gasteiger partial charge in [0.1, 0.15) is 12.6 Å². The van der Waals surface area contributed by atoms with Gasteiger partial charge in [0.05, 0.1) is 10.6 Å². The van der Waals surface area contributed by atoms with Crippen molar-refractivity contribution in [3.63, 3.8) is 0 Å². The van der Waals surface area contributed by atoms with E-state index in [9.17, 15) is 18.0 Å². The van der Waals surface area contributed by atoms with Crippen LogP contribution in [0.5, 0.6) is 0 Å². The molecule has 1 saturated carbocycles. The van der Waals surface area contributed by atoms with E-state index < -0.39 is 28.5 Å². The molecule has 0 radical (unpaired) electrons. The summed E-state index contributed by atoms with van der Waals surface area (Å²) >= 11 is 0. The smallest absolute Gasteiger partial charge is 0.264 e. The molecule has 7 nitrogen and oxygen atoms in total. The number of nitrogens with zero attached hydrogens (tertiary/aromatic N) is 2. The van der Waals surface area contributed by atoms with Crippen LogP contribution in [0.3, 0.4) is 0 Å². The van der Waals surface area contributed by atoms with Crippen molar-refractivity contribution in [1.82, 2.24) is 10.2 Å². The molecule has 1 fully saturated rings. The number of rotatable bonds is 11. The molecule has 0 saturated heterocycles. The third-order valence-electron chi connectivity index (χ3n) is 7.71. The molecule has 3 aromatic rings. The van der Waals surface area contributed by atoms with Gasteiger partial charge in [-0.1, -0.05) is 86.3 Å². The summed E-state index contributed by atoms with van der Waals surface area (Å²) < 4.78 is 29.1. The first-order valence-corrected chi connectivity index (χ1v) is 15.9. The number of aryl methyl sites for hydroxylation is 2. The second kappa shape index (κ2) is 13.8. The molecule has 41 heavy (non-hydrogen) atoms. The van der Waals surface area contributed by atoms with Crippen LogP contribution in [0.1, 0.15) is 62.1 Å².